The van der Waals surface area contributed by atoms with Gasteiger partial charge in [-0.25, -0.2) is 0 Å². The molecule has 1 saturated heterocycles. The lowest BCUT2D eigenvalue weighted by molar-refractivity contribution is 0.0379. The van der Waals surface area contributed by atoms with Crippen LogP contribution in [0.5, 0.6) is 23.0 Å². The van der Waals surface area contributed by atoms with Gasteiger partial charge in [-0.3, -0.25) is 4.90 Å². The molecule has 8 heteroatoms. The van der Waals surface area contributed by atoms with E-state index in [0.29, 0.717) is 17.9 Å². The van der Waals surface area contributed by atoms with Crippen LogP contribution in [-0.4, -0.2) is 63.0 Å². The van der Waals surface area contributed by atoms with Crippen molar-refractivity contribution in [3.05, 3.63) is 76.9 Å². The first-order chi connectivity index (χ1) is 21.5. The minimum absolute atomic E-state index is 0.126. The molecule has 0 bridgehead atoms. The molecule has 4 atom stereocenters. The van der Waals surface area contributed by atoms with E-state index >= 15 is 0 Å². The maximum atomic E-state index is 6.12. The van der Waals surface area contributed by atoms with Gasteiger partial charge in [0.25, 0.3) is 0 Å². The Hall–Kier alpha value is -3.49. The summed E-state index contributed by atoms with van der Waals surface area (Å²) in [5, 5.41) is 4.31. The van der Waals surface area contributed by atoms with Crippen LogP contribution in [-0.2, 0) is 12.8 Å². The standard InChI is InChI=1S/C36H45N3O4S/c1-6-23-22-38-14-12-24-18-32(40-2)34(42-4)20-28(24)30(38)16-26(23)17-31-29-21-35(43-5)33(41-3)19-25(29)13-15-39(31)36(44)37-27-10-8-7-9-11-27/h7-11,18-21,23,26,30-31H,6,12-17,22H2,1-5H3,(H,37,44)/t23-,26+,30-,31+/m0/s1. The van der Waals surface area contributed by atoms with Gasteiger partial charge in [-0.05, 0) is 108 Å². The van der Waals surface area contributed by atoms with E-state index in [1.807, 2.05) is 18.2 Å². The summed E-state index contributed by atoms with van der Waals surface area (Å²) in [6.07, 6.45) is 5.22. The highest BCUT2D eigenvalue weighted by Crippen LogP contribution is 2.49. The van der Waals surface area contributed by atoms with Crippen molar-refractivity contribution >= 4 is 23.0 Å². The average Bonchev–Trinajstić information content (AvgIpc) is 3.06. The van der Waals surface area contributed by atoms with Gasteiger partial charge in [-0.15, -0.1) is 0 Å². The Morgan fingerprint density at radius 1 is 0.795 bits per heavy atom. The molecule has 1 fully saturated rings. The SMILES string of the molecule is CC[C@H]1CN2CCc3cc(OC)c(OC)cc3[C@@H]2C[C@@H]1C[C@@H]1c2cc(OC)c(OC)cc2CCN1C(=S)Nc1ccccc1. The fraction of sp³-hybridized carbons (Fsp3) is 0.472. The highest BCUT2D eigenvalue weighted by atomic mass is 32.1. The van der Waals surface area contributed by atoms with E-state index in [2.05, 4.69) is 58.4 Å². The minimum Gasteiger partial charge on any atom is -0.493 e. The average molecular weight is 616 g/mol. The number of nitrogens with zero attached hydrogens (tertiary/aromatic N) is 2. The van der Waals surface area contributed by atoms with Crippen LogP contribution < -0.4 is 24.3 Å². The van der Waals surface area contributed by atoms with E-state index in [9.17, 15) is 0 Å². The van der Waals surface area contributed by atoms with E-state index in [0.717, 1.165) is 85.5 Å². The molecule has 1 N–H and O–H groups in total. The van der Waals surface area contributed by atoms with Crippen LogP contribution in [0.15, 0.2) is 54.6 Å². The molecule has 7 nitrogen and oxygen atoms in total. The van der Waals surface area contributed by atoms with Crippen LogP contribution >= 0.6 is 12.2 Å². The molecule has 0 saturated carbocycles. The number of methoxy groups -OCH3 is 4. The molecule has 44 heavy (non-hydrogen) atoms. The van der Waals surface area contributed by atoms with E-state index in [1.165, 1.54) is 22.3 Å². The topological polar surface area (TPSA) is 55.4 Å². The Kier molecular flexibility index (Phi) is 9.19. The molecule has 6 rings (SSSR count). The van der Waals surface area contributed by atoms with Gasteiger partial charge in [0.1, 0.15) is 0 Å². The first-order valence-corrected chi connectivity index (χ1v) is 16.2. The third kappa shape index (κ3) is 5.82. The molecule has 234 valence electrons. The van der Waals surface area contributed by atoms with Crippen LogP contribution in [0.25, 0.3) is 0 Å². The van der Waals surface area contributed by atoms with E-state index in [4.69, 9.17) is 31.2 Å². The first-order valence-electron chi connectivity index (χ1n) is 15.8. The van der Waals surface area contributed by atoms with Crippen molar-refractivity contribution in [1.82, 2.24) is 9.80 Å². The highest BCUT2D eigenvalue weighted by molar-refractivity contribution is 7.80. The highest BCUT2D eigenvalue weighted by Gasteiger charge is 2.41. The van der Waals surface area contributed by atoms with Gasteiger partial charge in [0.15, 0.2) is 28.1 Å². The second-order valence-electron chi connectivity index (χ2n) is 12.2. The predicted molar refractivity (Wildman–Crippen MR) is 179 cm³/mol. The lowest BCUT2D eigenvalue weighted by atomic mass is 9.72. The Balaban J connectivity index is 1.35. The Morgan fingerprint density at radius 2 is 1.39 bits per heavy atom. The van der Waals surface area contributed by atoms with Crippen LogP contribution in [0, 0.1) is 11.8 Å². The number of piperidine rings is 1. The fourth-order valence-corrected chi connectivity index (χ4v) is 8.12. The maximum absolute atomic E-state index is 6.12. The zero-order valence-electron chi connectivity index (χ0n) is 26.6. The van der Waals surface area contributed by atoms with Crippen LogP contribution in [0.2, 0.25) is 0 Å². The number of hydrogen-bond acceptors (Lipinski definition) is 6. The Labute approximate surface area is 267 Å². The van der Waals surface area contributed by atoms with Crippen molar-refractivity contribution in [2.75, 3.05) is 53.4 Å². The summed E-state index contributed by atoms with van der Waals surface area (Å²) in [4.78, 5) is 5.12. The van der Waals surface area contributed by atoms with E-state index in [1.54, 1.807) is 28.4 Å². The summed E-state index contributed by atoms with van der Waals surface area (Å²) in [6, 6.07) is 19.5. The summed E-state index contributed by atoms with van der Waals surface area (Å²) in [5.41, 5.74) is 6.39. The largest absolute Gasteiger partial charge is 0.493 e. The van der Waals surface area contributed by atoms with Gasteiger partial charge in [-0.2, -0.15) is 0 Å². The van der Waals surface area contributed by atoms with E-state index < -0.39 is 0 Å². The van der Waals surface area contributed by atoms with Gasteiger partial charge in [0.05, 0.1) is 34.5 Å². The van der Waals surface area contributed by atoms with Gasteiger partial charge < -0.3 is 29.2 Å². The van der Waals surface area contributed by atoms with Crippen molar-refractivity contribution in [2.45, 2.75) is 51.1 Å². The lowest BCUT2D eigenvalue weighted by Crippen LogP contribution is -2.48. The normalized spacial score (nSPS) is 22.7. The zero-order chi connectivity index (χ0) is 30.8. The molecule has 0 amide bonds. The third-order valence-electron chi connectivity index (χ3n) is 10.1. The second-order valence-corrected chi connectivity index (χ2v) is 12.6. The maximum Gasteiger partial charge on any atom is 0.173 e. The zero-order valence-corrected chi connectivity index (χ0v) is 27.4. The monoisotopic (exact) mass is 615 g/mol. The molecular weight excluding hydrogens is 570 g/mol. The number of nitrogens with one attached hydrogen (secondary N) is 1. The van der Waals surface area contributed by atoms with Gasteiger partial charge in [-0.1, -0.05) is 31.5 Å². The number of para-hydroxylation sites is 1. The number of ether oxygens (including phenoxy) is 4. The van der Waals surface area contributed by atoms with Crippen molar-refractivity contribution in [1.29, 1.82) is 0 Å². The predicted octanol–water partition coefficient (Wildman–Crippen LogP) is 7.05. The van der Waals surface area contributed by atoms with Crippen LogP contribution in [0.1, 0.15) is 60.5 Å². The molecule has 0 radical (unpaired) electrons. The third-order valence-corrected chi connectivity index (χ3v) is 10.5. The number of anilines is 1. The van der Waals surface area contributed by atoms with Gasteiger partial charge >= 0.3 is 0 Å². The molecule has 3 aromatic carbocycles. The van der Waals surface area contributed by atoms with Gasteiger partial charge in [0.2, 0.25) is 0 Å². The molecule has 3 aliphatic rings. The molecule has 0 spiro atoms. The summed E-state index contributed by atoms with van der Waals surface area (Å²) >= 11 is 6.12. The summed E-state index contributed by atoms with van der Waals surface area (Å²) < 4.78 is 22.9. The summed E-state index contributed by atoms with van der Waals surface area (Å²) in [5.74, 6) is 4.31. The van der Waals surface area contributed by atoms with E-state index in [-0.39, 0.29) is 6.04 Å². The van der Waals surface area contributed by atoms with Crippen molar-refractivity contribution in [2.24, 2.45) is 11.8 Å². The van der Waals surface area contributed by atoms with Gasteiger partial charge in [0, 0.05) is 31.4 Å². The number of hydrogen-bond donors (Lipinski definition) is 1. The summed E-state index contributed by atoms with van der Waals surface area (Å²) in [7, 11) is 6.87. The van der Waals surface area contributed by atoms with Crippen molar-refractivity contribution < 1.29 is 18.9 Å². The number of thiocarbonyl (C=S) groups is 1. The van der Waals surface area contributed by atoms with Crippen molar-refractivity contribution in [3.63, 3.8) is 0 Å². The fourth-order valence-electron chi connectivity index (χ4n) is 7.78. The number of rotatable bonds is 8. The number of benzene rings is 3. The first kappa shape index (κ1) is 30.5. The molecule has 0 unspecified atom stereocenters. The smallest absolute Gasteiger partial charge is 0.173 e. The molecule has 3 aromatic rings. The summed E-state index contributed by atoms with van der Waals surface area (Å²) in [6.45, 7) is 5.39. The minimum atomic E-state index is 0.126. The number of fused-ring (bicyclic) bond motifs is 4. The lowest BCUT2D eigenvalue weighted by Gasteiger charge is -2.49. The van der Waals surface area contributed by atoms with Crippen molar-refractivity contribution in [3.8, 4) is 23.0 Å². The molecule has 0 aliphatic carbocycles. The molecule has 0 aromatic heterocycles. The Morgan fingerprint density at radius 3 is 2.02 bits per heavy atom. The quantitative estimate of drug-likeness (QED) is 0.271. The Bertz CT molecular complexity index is 1480. The van der Waals surface area contributed by atoms with Crippen LogP contribution in [0.4, 0.5) is 5.69 Å². The molecule has 3 heterocycles. The second kappa shape index (κ2) is 13.2. The molecular formula is C36H45N3O4S. The van der Waals surface area contributed by atoms with Crippen LogP contribution in [0.3, 0.4) is 0 Å². The molecule has 3 aliphatic heterocycles.